The number of carbonyl (C=O) groups excluding carboxylic acids is 2. The number of nitrogens with zero attached hydrogens (tertiary/aromatic N) is 1. The SMILES string of the molecule is O=C1CCc2cc(NC(=O)C3(C(=O)O)CC3)ccc2N1Cc1ccc(Cl)cc1. The predicted octanol–water partition coefficient (Wildman–Crippen LogP) is 3.62. The van der Waals surface area contributed by atoms with E-state index in [0.717, 1.165) is 16.8 Å². The Labute approximate surface area is 167 Å². The molecule has 0 unspecified atom stereocenters. The van der Waals surface area contributed by atoms with Gasteiger partial charge in [-0.05, 0) is 60.7 Å². The molecule has 0 saturated heterocycles. The van der Waals surface area contributed by atoms with Gasteiger partial charge in [0.05, 0.1) is 6.54 Å². The summed E-state index contributed by atoms with van der Waals surface area (Å²) in [6, 6.07) is 12.7. The van der Waals surface area contributed by atoms with Gasteiger partial charge in [0.25, 0.3) is 0 Å². The van der Waals surface area contributed by atoms with Gasteiger partial charge in [-0.2, -0.15) is 0 Å². The summed E-state index contributed by atoms with van der Waals surface area (Å²) in [5.74, 6) is -1.52. The van der Waals surface area contributed by atoms with E-state index < -0.39 is 17.3 Å². The number of benzene rings is 2. The van der Waals surface area contributed by atoms with Crippen molar-refractivity contribution >= 4 is 40.8 Å². The van der Waals surface area contributed by atoms with Gasteiger partial charge in [0.15, 0.2) is 0 Å². The number of carboxylic acid groups (broad SMARTS) is 1. The maximum atomic E-state index is 12.5. The van der Waals surface area contributed by atoms with Crippen LogP contribution in [0.2, 0.25) is 5.02 Å². The van der Waals surface area contributed by atoms with Crippen LogP contribution in [0.25, 0.3) is 0 Å². The van der Waals surface area contributed by atoms with Crippen LogP contribution in [-0.4, -0.2) is 22.9 Å². The van der Waals surface area contributed by atoms with Gasteiger partial charge in [-0.15, -0.1) is 0 Å². The molecule has 28 heavy (non-hydrogen) atoms. The minimum absolute atomic E-state index is 0.0436. The van der Waals surface area contributed by atoms with Gasteiger partial charge < -0.3 is 15.3 Å². The van der Waals surface area contributed by atoms with E-state index in [1.807, 2.05) is 18.2 Å². The number of carboxylic acids is 1. The number of hydrogen-bond donors (Lipinski definition) is 2. The Bertz CT molecular complexity index is 967. The molecule has 2 aromatic rings. The molecule has 1 fully saturated rings. The minimum atomic E-state index is -1.29. The number of aryl methyl sites for hydroxylation is 1. The van der Waals surface area contributed by atoms with Crippen molar-refractivity contribution in [3.05, 3.63) is 58.6 Å². The number of carbonyl (C=O) groups is 3. The molecule has 144 valence electrons. The Kier molecular flexibility index (Phi) is 4.59. The molecule has 0 atom stereocenters. The summed E-state index contributed by atoms with van der Waals surface area (Å²) in [6.45, 7) is 0.441. The fourth-order valence-corrected chi connectivity index (χ4v) is 3.62. The van der Waals surface area contributed by atoms with Crippen LogP contribution in [0.1, 0.15) is 30.4 Å². The van der Waals surface area contributed by atoms with E-state index in [1.165, 1.54) is 0 Å². The molecule has 1 aliphatic heterocycles. The zero-order valence-corrected chi connectivity index (χ0v) is 15.8. The number of rotatable bonds is 5. The molecule has 7 heteroatoms. The Morgan fingerprint density at radius 3 is 2.46 bits per heavy atom. The average Bonchev–Trinajstić information content (AvgIpc) is 3.48. The summed E-state index contributed by atoms with van der Waals surface area (Å²) < 4.78 is 0. The molecule has 0 radical (unpaired) electrons. The van der Waals surface area contributed by atoms with Gasteiger partial charge in [-0.1, -0.05) is 23.7 Å². The number of anilines is 2. The van der Waals surface area contributed by atoms with Gasteiger partial charge in [-0.25, -0.2) is 0 Å². The van der Waals surface area contributed by atoms with Crippen LogP contribution in [0.15, 0.2) is 42.5 Å². The van der Waals surface area contributed by atoms with Gasteiger partial charge in [0, 0.05) is 22.8 Å². The third kappa shape index (κ3) is 3.36. The summed E-state index contributed by atoms with van der Waals surface area (Å²) in [5.41, 5.74) is 2.00. The molecule has 0 bridgehead atoms. The zero-order chi connectivity index (χ0) is 19.9. The summed E-state index contributed by atoms with van der Waals surface area (Å²) in [7, 11) is 0. The summed E-state index contributed by atoms with van der Waals surface area (Å²) in [6.07, 6.45) is 1.70. The number of fused-ring (bicyclic) bond motifs is 1. The number of amides is 2. The van der Waals surface area contributed by atoms with E-state index in [4.69, 9.17) is 11.6 Å². The number of nitrogens with one attached hydrogen (secondary N) is 1. The number of aliphatic carboxylic acids is 1. The first kappa shape index (κ1) is 18.5. The van der Waals surface area contributed by atoms with E-state index >= 15 is 0 Å². The molecule has 2 aliphatic rings. The van der Waals surface area contributed by atoms with Gasteiger partial charge in [0.1, 0.15) is 5.41 Å². The van der Waals surface area contributed by atoms with Crippen molar-refractivity contribution in [2.45, 2.75) is 32.2 Å². The second-order valence-electron chi connectivity index (χ2n) is 7.29. The molecule has 2 amide bonds. The second-order valence-corrected chi connectivity index (χ2v) is 7.73. The Morgan fingerprint density at radius 1 is 1.11 bits per heavy atom. The third-order valence-electron chi connectivity index (χ3n) is 5.39. The summed E-state index contributed by atoms with van der Waals surface area (Å²) in [5, 5.41) is 12.6. The van der Waals surface area contributed by atoms with Crippen LogP contribution in [0.4, 0.5) is 11.4 Å². The van der Waals surface area contributed by atoms with E-state index in [-0.39, 0.29) is 5.91 Å². The highest BCUT2D eigenvalue weighted by Gasteiger charge is 2.57. The van der Waals surface area contributed by atoms with Gasteiger partial charge in [0.2, 0.25) is 11.8 Å². The van der Waals surface area contributed by atoms with Crippen molar-refractivity contribution < 1.29 is 19.5 Å². The zero-order valence-electron chi connectivity index (χ0n) is 15.1. The van der Waals surface area contributed by atoms with Crippen molar-refractivity contribution in [2.24, 2.45) is 5.41 Å². The lowest BCUT2D eigenvalue weighted by Crippen LogP contribution is -2.35. The lowest BCUT2D eigenvalue weighted by atomic mass is 9.99. The van der Waals surface area contributed by atoms with Crippen LogP contribution >= 0.6 is 11.6 Å². The van der Waals surface area contributed by atoms with Crippen molar-refractivity contribution in [3.8, 4) is 0 Å². The van der Waals surface area contributed by atoms with Gasteiger partial charge in [-0.3, -0.25) is 14.4 Å². The predicted molar refractivity (Wildman–Crippen MR) is 105 cm³/mol. The largest absolute Gasteiger partial charge is 0.480 e. The standard InChI is InChI=1S/C21H19ClN2O4/c22-15-4-1-13(2-5-15)12-24-17-7-6-16(11-14(17)3-8-18(24)25)23-19(26)21(9-10-21)20(27)28/h1-2,4-7,11H,3,8-10,12H2,(H,23,26)(H,27,28). The van der Waals surface area contributed by atoms with Crippen LogP contribution < -0.4 is 10.2 Å². The molecule has 1 heterocycles. The molecular weight excluding hydrogens is 380 g/mol. The van der Waals surface area contributed by atoms with E-state index in [1.54, 1.807) is 29.2 Å². The Morgan fingerprint density at radius 2 is 1.82 bits per heavy atom. The maximum absolute atomic E-state index is 12.5. The van der Waals surface area contributed by atoms with Crippen molar-refractivity contribution in [2.75, 3.05) is 10.2 Å². The lowest BCUT2D eigenvalue weighted by Gasteiger charge is -2.30. The second kappa shape index (κ2) is 6.95. The van der Waals surface area contributed by atoms with Crippen LogP contribution in [0.5, 0.6) is 0 Å². The molecule has 1 aliphatic carbocycles. The minimum Gasteiger partial charge on any atom is -0.480 e. The first-order valence-electron chi connectivity index (χ1n) is 9.12. The Balaban J connectivity index is 1.55. The van der Waals surface area contributed by atoms with Crippen LogP contribution in [0.3, 0.4) is 0 Å². The topological polar surface area (TPSA) is 86.7 Å². The lowest BCUT2D eigenvalue weighted by molar-refractivity contribution is -0.147. The highest BCUT2D eigenvalue weighted by atomic mass is 35.5. The maximum Gasteiger partial charge on any atom is 0.319 e. The molecule has 4 rings (SSSR count). The normalized spacial score (nSPS) is 17.0. The quantitative estimate of drug-likeness (QED) is 0.753. The molecule has 0 spiro atoms. The molecule has 2 aromatic carbocycles. The summed E-state index contributed by atoms with van der Waals surface area (Å²) >= 11 is 5.93. The number of halogens is 1. The monoisotopic (exact) mass is 398 g/mol. The first-order chi connectivity index (χ1) is 13.4. The fourth-order valence-electron chi connectivity index (χ4n) is 3.50. The van der Waals surface area contributed by atoms with E-state index in [2.05, 4.69) is 5.32 Å². The fraction of sp³-hybridized carbons (Fsp3) is 0.286. The average molecular weight is 399 g/mol. The first-order valence-corrected chi connectivity index (χ1v) is 9.49. The highest BCUT2D eigenvalue weighted by Crippen LogP contribution is 2.47. The summed E-state index contributed by atoms with van der Waals surface area (Å²) in [4.78, 5) is 37.8. The van der Waals surface area contributed by atoms with Crippen LogP contribution in [0, 0.1) is 5.41 Å². The third-order valence-corrected chi connectivity index (χ3v) is 5.64. The van der Waals surface area contributed by atoms with Crippen molar-refractivity contribution in [1.29, 1.82) is 0 Å². The van der Waals surface area contributed by atoms with Crippen LogP contribution in [-0.2, 0) is 27.3 Å². The van der Waals surface area contributed by atoms with Crippen molar-refractivity contribution in [3.63, 3.8) is 0 Å². The van der Waals surface area contributed by atoms with Gasteiger partial charge >= 0.3 is 5.97 Å². The highest BCUT2D eigenvalue weighted by molar-refractivity contribution is 6.30. The molecule has 2 N–H and O–H groups in total. The van der Waals surface area contributed by atoms with E-state index in [0.29, 0.717) is 42.9 Å². The Hall–Kier alpha value is -2.86. The van der Waals surface area contributed by atoms with Crippen molar-refractivity contribution in [1.82, 2.24) is 0 Å². The molecule has 0 aromatic heterocycles. The number of hydrogen-bond acceptors (Lipinski definition) is 3. The molecule has 6 nitrogen and oxygen atoms in total. The molecular formula is C21H19ClN2O4. The molecule has 1 saturated carbocycles. The smallest absolute Gasteiger partial charge is 0.319 e. The van der Waals surface area contributed by atoms with E-state index in [9.17, 15) is 19.5 Å².